The predicted octanol–water partition coefficient (Wildman–Crippen LogP) is 1.92. The standard InChI is InChI=1S/C13H26N2O3/c1-8(2)7-10(5)14-12(16)11(9(3)4)15-13(17)18-6/h8-11H,7H2,1-6H3,(H,14,16)(H,15,17)/t10-,11+/m1/s1. The van der Waals surface area contributed by atoms with E-state index in [0.29, 0.717) is 5.92 Å². The zero-order valence-electron chi connectivity index (χ0n) is 12.2. The maximum Gasteiger partial charge on any atom is 0.407 e. The van der Waals surface area contributed by atoms with Crippen LogP contribution in [0.1, 0.15) is 41.0 Å². The SMILES string of the molecule is COC(=O)N[C@H](C(=O)N[C@H](C)CC(C)C)C(C)C. The fraction of sp³-hybridized carbons (Fsp3) is 0.846. The van der Waals surface area contributed by atoms with Crippen LogP contribution in [0.2, 0.25) is 0 Å². The topological polar surface area (TPSA) is 67.4 Å². The maximum absolute atomic E-state index is 12.0. The number of alkyl carbamates (subject to hydrolysis) is 1. The fourth-order valence-corrected chi connectivity index (χ4v) is 1.82. The average Bonchev–Trinajstić information content (AvgIpc) is 2.23. The number of nitrogens with one attached hydrogen (secondary N) is 2. The van der Waals surface area contributed by atoms with Crippen LogP contribution in [-0.4, -0.2) is 31.2 Å². The number of carbonyl (C=O) groups is 2. The van der Waals surface area contributed by atoms with Crippen LogP contribution in [0.5, 0.6) is 0 Å². The number of hydrogen-bond acceptors (Lipinski definition) is 3. The molecule has 2 atom stereocenters. The zero-order valence-corrected chi connectivity index (χ0v) is 12.2. The van der Waals surface area contributed by atoms with Gasteiger partial charge in [-0.1, -0.05) is 27.7 Å². The van der Waals surface area contributed by atoms with E-state index in [0.717, 1.165) is 6.42 Å². The highest BCUT2D eigenvalue weighted by molar-refractivity contribution is 5.86. The van der Waals surface area contributed by atoms with Crippen LogP contribution in [0.4, 0.5) is 4.79 Å². The third kappa shape index (κ3) is 6.47. The van der Waals surface area contributed by atoms with Gasteiger partial charge < -0.3 is 15.4 Å². The van der Waals surface area contributed by atoms with Crippen LogP contribution in [-0.2, 0) is 9.53 Å². The summed E-state index contributed by atoms with van der Waals surface area (Å²) < 4.78 is 4.52. The molecule has 0 aromatic rings. The van der Waals surface area contributed by atoms with Crippen molar-refractivity contribution in [3.05, 3.63) is 0 Å². The van der Waals surface area contributed by atoms with Gasteiger partial charge in [0.25, 0.3) is 0 Å². The van der Waals surface area contributed by atoms with Gasteiger partial charge in [-0.15, -0.1) is 0 Å². The van der Waals surface area contributed by atoms with E-state index in [-0.39, 0.29) is 17.9 Å². The summed E-state index contributed by atoms with van der Waals surface area (Å²) in [7, 11) is 1.28. The van der Waals surface area contributed by atoms with Crippen molar-refractivity contribution in [2.45, 2.75) is 53.1 Å². The fourth-order valence-electron chi connectivity index (χ4n) is 1.82. The Morgan fingerprint density at radius 2 is 1.61 bits per heavy atom. The van der Waals surface area contributed by atoms with E-state index in [4.69, 9.17) is 0 Å². The molecule has 0 aromatic heterocycles. The third-order valence-corrected chi connectivity index (χ3v) is 2.62. The highest BCUT2D eigenvalue weighted by Gasteiger charge is 2.25. The number of methoxy groups -OCH3 is 1. The van der Waals surface area contributed by atoms with Gasteiger partial charge >= 0.3 is 6.09 Å². The second-order valence-corrected chi connectivity index (χ2v) is 5.40. The van der Waals surface area contributed by atoms with E-state index in [2.05, 4.69) is 29.2 Å². The Morgan fingerprint density at radius 3 is 2.00 bits per heavy atom. The Hall–Kier alpha value is -1.26. The van der Waals surface area contributed by atoms with Crippen LogP contribution in [0.15, 0.2) is 0 Å². The van der Waals surface area contributed by atoms with Crippen molar-refractivity contribution >= 4 is 12.0 Å². The molecule has 0 bridgehead atoms. The van der Waals surface area contributed by atoms with Gasteiger partial charge in [-0.2, -0.15) is 0 Å². The summed E-state index contributed by atoms with van der Waals surface area (Å²) in [6.45, 7) is 9.94. The number of hydrogen-bond donors (Lipinski definition) is 2. The van der Waals surface area contributed by atoms with Crippen LogP contribution in [0.25, 0.3) is 0 Å². The van der Waals surface area contributed by atoms with Crippen molar-refractivity contribution in [1.29, 1.82) is 0 Å². The minimum atomic E-state index is -0.583. The maximum atomic E-state index is 12.0. The van der Waals surface area contributed by atoms with Crippen molar-refractivity contribution in [3.63, 3.8) is 0 Å². The molecule has 0 saturated carbocycles. The lowest BCUT2D eigenvalue weighted by molar-refractivity contribution is -0.124. The van der Waals surface area contributed by atoms with Crippen molar-refractivity contribution in [2.75, 3.05) is 7.11 Å². The molecule has 0 saturated heterocycles. The van der Waals surface area contributed by atoms with Crippen LogP contribution in [0, 0.1) is 11.8 Å². The molecule has 5 heteroatoms. The molecule has 0 unspecified atom stereocenters. The third-order valence-electron chi connectivity index (χ3n) is 2.62. The summed E-state index contributed by atoms with van der Waals surface area (Å²) in [5.74, 6) is 0.366. The molecule has 0 aliphatic heterocycles. The molecular formula is C13H26N2O3. The molecular weight excluding hydrogens is 232 g/mol. The van der Waals surface area contributed by atoms with Crippen LogP contribution < -0.4 is 10.6 Å². The first-order chi connectivity index (χ1) is 8.27. The monoisotopic (exact) mass is 258 g/mol. The first-order valence-corrected chi connectivity index (χ1v) is 6.42. The van der Waals surface area contributed by atoms with Crippen molar-refractivity contribution in [2.24, 2.45) is 11.8 Å². The minimum Gasteiger partial charge on any atom is -0.453 e. The highest BCUT2D eigenvalue weighted by Crippen LogP contribution is 2.07. The number of amides is 2. The highest BCUT2D eigenvalue weighted by atomic mass is 16.5. The Kier molecular flexibility index (Phi) is 7.39. The van der Waals surface area contributed by atoms with Crippen molar-refractivity contribution in [1.82, 2.24) is 10.6 Å². The lowest BCUT2D eigenvalue weighted by Crippen LogP contribution is -2.51. The largest absolute Gasteiger partial charge is 0.453 e. The Morgan fingerprint density at radius 1 is 1.06 bits per heavy atom. The van der Waals surface area contributed by atoms with Crippen LogP contribution >= 0.6 is 0 Å². The van der Waals surface area contributed by atoms with E-state index in [1.807, 2.05) is 20.8 Å². The molecule has 0 aromatic carbocycles. The molecule has 0 radical (unpaired) electrons. The predicted molar refractivity (Wildman–Crippen MR) is 71.2 cm³/mol. The number of ether oxygens (including phenoxy) is 1. The summed E-state index contributed by atoms with van der Waals surface area (Å²) in [6.07, 6.45) is 0.328. The van der Waals surface area contributed by atoms with E-state index >= 15 is 0 Å². The molecule has 106 valence electrons. The smallest absolute Gasteiger partial charge is 0.407 e. The molecule has 18 heavy (non-hydrogen) atoms. The molecule has 0 aliphatic rings. The van der Waals surface area contributed by atoms with Crippen molar-refractivity contribution in [3.8, 4) is 0 Å². The Bertz CT molecular complexity index is 277. The summed E-state index contributed by atoms with van der Waals surface area (Å²) in [5, 5.41) is 5.46. The summed E-state index contributed by atoms with van der Waals surface area (Å²) in [6, 6.07) is -0.467. The molecule has 0 rings (SSSR count). The molecule has 0 fully saturated rings. The first kappa shape index (κ1) is 16.7. The molecule has 0 heterocycles. The normalized spacial score (nSPS) is 14.2. The second-order valence-electron chi connectivity index (χ2n) is 5.40. The van der Waals surface area contributed by atoms with Gasteiger partial charge in [-0.25, -0.2) is 4.79 Å². The lowest BCUT2D eigenvalue weighted by atomic mass is 10.0. The van der Waals surface area contributed by atoms with E-state index in [1.165, 1.54) is 7.11 Å². The molecule has 0 aliphatic carbocycles. The minimum absolute atomic E-state index is 0.00958. The van der Waals surface area contributed by atoms with Gasteiger partial charge in [-0.3, -0.25) is 4.79 Å². The van der Waals surface area contributed by atoms with Gasteiger partial charge in [0, 0.05) is 6.04 Å². The second kappa shape index (κ2) is 7.95. The van der Waals surface area contributed by atoms with Gasteiger partial charge in [0.2, 0.25) is 5.91 Å². The number of rotatable bonds is 6. The van der Waals surface area contributed by atoms with Crippen molar-refractivity contribution < 1.29 is 14.3 Å². The van der Waals surface area contributed by atoms with Crippen LogP contribution in [0.3, 0.4) is 0 Å². The quantitative estimate of drug-likeness (QED) is 0.765. The first-order valence-electron chi connectivity index (χ1n) is 6.42. The molecule has 2 N–H and O–H groups in total. The van der Waals surface area contributed by atoms with E-state index in [1.54, 1.807) is 0 Å². The number of carbonyl (C=O) groups excluding carboxylic acids is 2. The van der Waals surface area contributed by atoms with Gasteiger partial charge in [-0.05, 0) is 25.2 Å². The van der Waals surface area contributed by atoms with Gasteiger partial charge in [0.1, 0.15) is 6.04 Å². The average molecular weight is 258 g/mol. The summed E-state index contributed by atoms with van der Waals surface area (Å²) in [5.41, 5.74) is 0. The zero-order chi connectivity index (χ0) is 14.3. The summed E-state index contributed by atoms with van der Waals surface area (Å²) >= 11 is 0. The lowest BCUT2D eigenvalue weighted by Gasteiger charge is -2.24. The molecule has 2 amide bonds. The van der Waals surface area contributed by atoms with Gasteiger partial charge in [0.15, 0.2) is 0 Å². The Balaban J connectivity index is 4.43. The molecule has 5 nitrogen and oxygen atoms in total. The van der Waals surface area contributed by atoms with E-state index < -0.39 is 12.1 Å². The van der Waals surface area contributed by atoms with E-state index in [9.17, 15) is 9.59 Å². The Labute approximate surface area is 110 Å². The van der Waals surface area contributed by atoms with Gasteiger partial charge in [0.05, 0.1) is 7.11 Å². The molecule has 0 spiro atoms. The summed E-state index contributed by atoms with van der Waals surface area (Å²) in [4.78, 5) is 23.2.